The molecule has 0 amide bonds. The highest BCUT2D eigenvalue weighted by Crippen LogP contribution is 2.10. The molecule has 0 radical (unpaired) electrons. The van der Waals surface area contributed by atoms with Crippen LogP contribution in [0.15, 0.2) is 29.2 Å². The molecule has 1 aromatic rings. The Morgan fingerprint density at radius 2 is 2.06 bits per heavy atom. The summed E-state index contributed by atoms with van der Waals surface area (Å²) in [7, 11) is -3.48. The molecule has 0 aliphatic carbocycles. The monoisotopic (exact) mass is 271 g/mol. The summed E-state index contributed by atoms with van der Waals surface area (Å²) < 4.78 is 26.2. The normalized spacial score (nSPS) is 11.4. The van der Waals surface area contributed by atoms with Gasteiger partial charge in [0, 0.05) is 13.0 Å². The smallest absolute Gasteiger partial charge is 0.303 e. The van der Waals surface area contributed by atoms with Crippen LogP contribution in [0.5, 0.6) is 0 Å². The molecule has 0 fully saturated rings. The van der Waals surface area contributed by atoms with Gasteiger partial charge in [-0.05, 0) is 37.5 Å². The SMILES string of the molecule is Cc1cccc(S(=O)(=O)NCCCCC(=O)O)c1. The van der Waals surface area contributed by atoms with E-state index in [1.165, 1.54) is 6.07 Å². The van der Waals surface area contributed by atoms with Crippen molar-refractivity contribution in [2.45, 2.75) is 31.1 Å². The van der Waals surface area contributed by atoms with Crippen LogP contribution < -0.4 is 4.72 Å². The molecule has 0 unspecified atom stereocenters. The minimum Gasteiger partial charge on any atom is -0.481 e. The van der Waals surface area contributed by atoms with Gasteiger partial charge in [0.05, 0.1) is 4.90 Å². The molecular formula is C12H17NO4S. The van der Waals surface area contributed by atoms with Gasteiger partial charge in [0.25, 0.3) is 0 Å². The summed E-state index contributed by atoms with van der Waals surface area (Å²) in [5, 5.41) is 8.44. The number of carbonyl (C=O) groups is 1. The van der Waals surface area contributed by atoms with Gasteiger partial charge in [-0.15, -0.1) is 0 Å². The van der Waals surface area contributed by atoms with Gasteiger partial charge in [-0.25, -0.2) is 13.1 Å². The van der Waals surface area contributed by atoms with E-state index in [4.69, 9.17) is 5.11 Å². The molecule has 0 aliphatic rings. The Balaban J connectivity index is 2.48. The molecule has 2 N–H and O–H groups in total. The van der Waals surface area contributed by atoms with E-state index in [1.54, 1.807) is 12.1 Å². The first-order valence-corrected chi connectivity index (χ1v) is 7.18. The van der Waals surface area contributed by atoms with Crippen molar-refractivity contribution in [3.05, 3.63) is 29.8 Å². The second kappa shape index (κ2) is 6.51. The van der Waals surface area contributed by atoms with Crippen LogP contribution in [-0.2, 0) is 14.8 Å². The van der Waals surface area contributed by atoms with Crippen LogP contribution in [0, 0.1) is 6.92 Å². The molecule has 0 aromatic heterocycles. The number of hydrogen-bond donors (Lipinski definition) is 2. The number of aliphatic carboxylic acids is 1. The van der Waals surface area contributed by atoms with Crippen LogP contribution in [-0.4, -0.2) is 26.0 Å². The summed E-state index contributed by atoms with van der Waals surface area (Å²) >= 11 is 0. The van der Waals surface area contributed by atoms with Crippen molar-refractivity contribution in [3.63, 3.8) is 0 Å². The van der Waals surface area contributed by atoms with E-state index < -0.39 is 16.0 Å². The summed E-state index contributed by atoms with van der Waals surface area (Å²) in [6, 6.07) is 6.65. The topological polar surface area (TPSA) is 83.5 Å². The van der Waals surface area contributed by atoms with Crippen molar-refractivity contribution in [2.75, 3.05) is 6.54 Å². The van der Waals surface area contributed by atoms with Crippen LogP contribution in [0.25, 0.3) is 0 Å². The zero-order valence-corrected chi connectivity index (χ0v) is 11.0. The first kappa shape index (κ1) is 14.7. The van der Waals surface area contributed by atoms with Gasteiger partial charge in [0.2, 0.25) is 10.0 Å². The molecular weight excluding hydrogens is 254 g/mol. The molecule has 0 saturated carbocycles. The van der Waals surface area contributed by atoms with E-state index in [1.807, 2.05) is 13.0 Å². The Hall–Kier alpha value is -1.40. The van der Waals surface area contributed by atoms with E-state index in [0.29, 0.717) is 12.8 Å². The van der Waals surface area contributed by atoms with Gasteiger partial charge >= 0.3 is 5.97 Å². The highest BCUT2D eigenvalue weighted by molar-refractivity contribution is 7.89. The number of sulfonamides is 1. The number of hydrogen-bond acceptors (Lipinski definition) is 3. The molecule has 0 spiro atoms. The second-order valence-electron chi connectivity index (χ2n) is 4.07. The molecule has 5 nitrogen and oxygen atoms in total. The predicted octanol–water partition coefficient (Wildman–Crippen LogP) is 1.53. The molecule has 1 rings (SSSR count). The van der Waals surface area contributed by atoms with Crippen LogP contribution >= 0.6 is 0 Å². The summed E-state index contributed by atoms with van der Waals surface area (Å²) in [6.45, 7) is 2.08. The number of unbranched alkanes of at least 4 members (excludes halogenated alkanes) is 1. The fourth-order valence-electron chi connectivity index (χ4n) is 1.47. The third-order valence-corrected chi connectivity index (χ3v) is 3.87. The first-order valence-electron chi connectivity index (χ1n) is 5.70. The fraction of sp³-hybridized carbons (Fsp3) is 0.417. The van der Waals surface area contributed by atoms with Crippen molar-refractivity contribution in [1.29, 1.82) is 0 Å². The number of nitrogens with one attached hydrogen (secondary N) is 1. The number of aryl methyl sites for hydroxylation is 1. The second-order valence-corrected chi connectivity index (χ2v) is 5.83. The Morgan fingerprint density at radius 3 is 2.67 bits per heavy atom. The Morgan fingerprint density at radius 1 is 1.33 bits per heavy atom. The van der Waals surface area contributed by atoms with Gasteiger partial charge in [0.1, 0.15) is 0 Å². The highest BCUT2D eigenvalue weighted by Gasteiger charge is 2.12. The van der Waals surface area contributed by atoms with E-state index in [2.05, 4.69) is 4.72 Å². The molecule has 100 valence electrons. The summed E-state index contributed by atoms with van der Waals surface area (Å²) in [5.41, 5.74) is 0.878. The molecule has 18 heavy (non-hydrogen) atoms. The minimum absolute atomic E-state index is 0.0617. The quantitative estimate of drug-likeness (QED) is 0.737. The Bertz CT molecular complexity index is 511. The van der Waals surface area contributed by atoms with Crippen molar-refractivity contribution in [2.24, 2.45) is 0 Å². The number of carboxylic acids is 1. The maximum Gasteiger partial charge on any atom is 0.303 e. The summed E-state index contributed by atoms with van der Waals surface area (Å²) in [5.74, 6) is -0.864. The maximum absolute atomic E-state index is 11.9. The van der Waals surface area contributed by atoms with Gasteiger partial charge in [-0.3, -0.25) is 4.79 Å². The van der Waals surface area contributed by atoms with E-state index >= 15 is 0 Å². The molecule has 0 atom stereocenters. The predicted molar refractivity (Wildman–Crippen MR) is 67.9 cm³/mol. The van der Waals surface area contributed by atoms with Crippen molar-refractivity contribution >= 4 is 16.0 Å². The van der Waals surface area contributed by atoms with Crippen LogP contribution in [0.4, 0.5) is 0 Å². The van der Waals surface area contributed by atoms with E-state index in [9.17, 15) is 13.2 Å². The van der Waals surface area contributed by atoms with E-state index in [-0.39, 0.29) is 17.9 Å². The summed E-state index contributed by atoms with van der Waals surface area (Å²) in [6.07, 6.45) is 1.04. The highest BCUT2D eigenvalue weighted by atomic mass is 32.2. The van der Waals surface area contributed by atoms with Gasteiger partial charge in [0.15, 0.2) is 0 Å². The molecule has 6 heteroatoms. The van der Waals surface area contributed by atoms with Gasteiger partial charge in [-0.1, -0.05) is 12.1 Å². The molecule has 0 bridgehead atoms. The molecule has 0 aliphatic heterocycles. The average Bonchev–Trinajstić information content (AvgIpc) is 2.28. The first-order chi connectivity index (χ1) is 8.42. The Kier molecular flexibility index (Phi) is 5.30. The van der Waals surface area contributed by atoms with Crippen LogP contribution in [0.1, 0.15) is 24.8 Å². The number of carboxylic acid groups (broad SMARTS) is 1. The van der Waals surface area contributed by atoms with Crippen molar-refractivity contribution < 1.29 is 18.3 Å². The van der Waals surface area contributed by atoms with Crippen molar-refractivity contribution in [1.82, 2.24) is 4.72 Å². The third kappa shape index (κ3) is 4.85. The van der Waals surface area contributed by atoms with E-state index in [0.717, 1.165) is 5.56 Å². The maximum atomic E-state index is 11.9. The molecule has 1 aromatic carbocycles. The zero-order chi connectivity index (χ0) is 13.6. The van der Waals surface area contributed by atoms with Gasteiger partial charge < -0.3 is 5.11 Å². The number of rotatable bonds is 7. The fourth-order valence-corrected chi connectivity index (χ4v) is 2.65. The van der Waals surface area contributed by atoms with Crippen molar-refractivity contribution in [3.8, 4) is 0 Å². The zero-order valence-electron chi connectivity index (χ0n) is 10.2. The molecule has 0 heterocycles. The number of benzene rings is 1. The van der Waals surface area contributed by atoms with Crippen LogP contribution in [0.2, 0.25) is 0 Å². The van der Waals surface area contributed by atoms with Crippen LogP contribution in [0.3, 0.4) is 0 Å². The lowest BCUT2D eigenvalue weighted by atomic mass is 10.2. The summed E-state index contributed by atoms with van der Waals surface area (Å²) in [4.78, 5) is 10.5. The lowest BCUT2D eigenvalue weighted by Crippen LogP contribution is -2.24. The Labute approximate surface area is 107 Å². The lowest BCUT2D eigenvalue weighted by Gasteiger charge is -2.06. The largest absolute Gasteiger partial charge is 0.481 e. The lowest BCUT2D eigenvalue weighted by molar-refractivity contribution is -0.137. The minimum atomic E-state index is -3.48. The molecule has 0 saturated heterocycles. The van der Waals surface area contributed by atoms with Gasteiger partial charge in [-0.2, -0.15) is 0 Å². The third-order valence-electron chi connectivity index (χ3n) is 2.41. The standard InChI is InChI=1S/C12H17NO4S/c1-10-5-4-6-11(9-10)18(16,17)13-8-3-2-7-12(14)15/h4-6,9,13H,2-3,7-8H2,1H3,(H,14,15). The average molecular weight is 271 g/mol.